The Morgan fingerprint density at radius 3 is 2.48 bits per heavy atom. The first-order chi connectivity index (χ1) is 13.0. The SMILES string of the molecule is COc1cc(-c2c(C#N)c(N)[nH]c(=O)c2C#N)cc(Br)c1OC1CCCC1. The molecule has 0 unspecified atom stereocenters. The third kappa shape index (κ3) is 3.49. The summed E-state index contributed by atoms with van der Waals surface area (Å²) in [6.45, 7) is 0. The molecule has 0 bridgehead atoms. The van der Waals surface area contributed by atoms with Crippen LogP contribution in [0, 0.1) is 22.7 Å². The number of benzene rings is 1. The number of H-pyrrole nitrogens is 1. The van der Waals surface area contributed by atoms with Crippen molar-refractivity contribution in [2.24, 2.45) is 0 Å². The van der Waals surface area contributed by atoms with Gasteiger partial charge in [-0.3, -0.25) is 4.79 Å². The molecule has 0 saturated heterocycles. The van der Waals surface area contributed by atoms with E-state index >= 15 is 0 Å². The first-order valence-corrected chi connectivity index (χ1v) is 9.20. The van der Waals surface area contributed by atoms with Gasteiger partial charge in [-0.25, -0.2) is 0 Å². The van der Waals surface area contributed by atoms with E-state index in [1.165, 1.54) is 7.11 Å². The summed E-state index contributed by atoms with van der Waals surface area (Å²) < 4.78 is 12.2. The van der Waals surface area contributed by atoms with E-state index in [0.29, 0.717) is 21.5 Å². The second kappa shape index (κ2) is 7.73. The highest BCUT2D eigenvalue weighted by atomic mass is 79.9. The van der Waals surface area contributed by atoms with Crippen molar-refractivity contribution in [3.63, 3.8) is 0 Å². The van der Waals surface area contributed by atoms with Gasteiger partial charge in [-0.2, -0.15) is 10.5 Å². The van der Waals surface area contributed by atoms with E-state index in [4.69, 9.17) is 15.2 Å². The van der Waals surface area contributed by atoms with Gasteiger partial charge in [-0.15, -0.1) is 0 Å². The normalized spacial score (nSPS) is 13.8. The molecule has 27 heavy (non-hydrogen) atoms. The molecule has 8 heteroatoms. The molecule has 0 amide bonds. The fraction of sp³-hybridized carbons (Fsp3) is 0.316. The molecular weight excluding hydrogens is 412 g/mol. The van der Waals surface area contributed by atoms with Crippen LogP contribution < -0.4 is 20.8 Å². The smallest absolute Gasteiger partial charge is 0.268 e. The Hall–Kier alpha value is -2.97. The predicted octanol–water partition coefficient (Wildman–Crippen LogP) is 3.46. The number of ether oxygens (including phenoxy) is 2. The summed E-state index contributed by atoms with van der Waals surface area (Å²) in [5, 5.41) is 18.9. The lowest BCUT2D eigenvalue weighted by Gasteiger charge is -2.19. The van der Waals surface area contributed by atoms with Gasteiger partial charge in [0.05, 0.1) is 17.7 Å². The zero-order valence-corrected chi connectivity index (χ0v) is 16.2. The maximum Gasteiger partial charge on any atom is 0.268 e. The van der Waals surface area contributed by atoms with E-state index in [0.717, 1.165) is 25.7 Å². The van der Waals surface area contributed by atoms with Crippen LogP contribution in [0.25, 0.3) is 11.1 Å². The maximum atomic E-state index is 12.1. The van der Waals surface area contributed by atoms with Gasteiger partial charge in [-0.05, 0) is 59.3 Å². The molecule has 2 aromatic rings. The van der Waals surface area contributed by atoms with Gasteiger partial charge >= 0.3 is 0 Å². The quantitative estimate of drug-likeness (QED) is 0.767. The minimum Gasteiger partial charge on any atom is -0.493 e. The molecule has 1 aliphatic rings. The van der Waals surface area contributed by atoms with Crippen molar-refractivity contribution >= 4 is 21.7 Å². The van der Waals surface area contributed by atoms with Crippen molar-refractivity contribution in [3.8, 4) is 34.8 Å². The number of anilines is 1. The summed E-state index contributed by atoms with van der Waals surface area (Å²) in [5.41, 5.74) is 5.62. The van der Waals surface area contributed by atoms with Crippen LogP contribution in [0.1, 0.15) is 36.8 Å². The molecule has 1 aromatic heterocycles. The number of methoxy groups -OCH3 is 1. The molecule has 1 aliphatic carbocycles. The molecule has 0 atom stereocenters. The first kappa shape index (κ1) is 18.8. The van der Waals surface area contributed by atoms with Crippen LogP contribution in [0.5, 0.6) is 11.5 Å². The number of nitrogens with one attached hydrogen (secondary N) is 1. The molecule has 1 saturated carbocycles. The van der Waals surface area contributed by atoms with Crippen molar-refractivity contribution in [2.75, 3.05) is 12.8 Å². The second-order valence-electron chi connectivity index (χ2n) is 6.23. The highest BCUT2D eigenvalue weighted by Crippen LogP contribution is 2.42. The Bertz CT molecular complexity index is 1030. The van der Waals surface area contributed by atoms with Crippen LogP contribution in [0.4, 0.5) is 5.82 Å². The standard InChI is InChI=1S/C19H17BrN4O3/c1-26-15-7-10(6-14(20)17(15)27-11-4-2-3-5-11)16-12(8-21)18(23)24-19(25)13(16)9-22/h6-7,11H,2-5H2,1H3,(H3,23,24,25). The number of halogens is 1. The summed E-state index contributed by atoms with van der Waals surface area (Å²) in [5.74, 6) is 0.916. The van der Waals surface area contributed by atoms with Crippen molar-refractivity contribution in [2.45, 2.75) is 31.8 Å². The number of aromatic amines is 1. The molecular formula is C19H17BrN4O3. The average Bonchev–Trinajstić information content (AvgIpc) is 3.16. The van der Waals surface area contributed by atoms with E-state index in [2.05, 4.69) is 20.9 Å². The summed E-state index contributed by atoms with van der Waals surface area (Å²) >= 11 is 3.49. The van der Waals surface area contributed by atoms with Crippen LogP contribution >= 0.6 is 15.9 Å². The number of nitrogens with zero attached hydrogens (tertiary/aromatic N) is 2. The number of nitriles is 2. The second-order valence-corrected chi connectivity index (χ2v) is 7.08. The molecule has 7 nitrogen and oxygen atoms in total. The molecule has 138 valence electrons. The van der Waals surface area contributed by atoms with Gasteiger partial charge in [0, 0.05) is 5.56 Å². The molecule has 3 rings (SSSR count). The van der Waals surface area contributed by atoms with Crippen molar-refractivity contribution in [1.82, 2.24) is 4.98 Å². The largest absolute Gasteiger partial charge is 0.493 e. The Kier molecular flexibility index (Phi) is 5.38. The van der Waals surface area contributed by atoms with Crippen LogP contribution in [0.3, 0.4) is 0 Å². The third-order valence-electron chi connectivity index (χ3n) is 4.57. The molecule has 0 spiro atoms. The van der Waals surface area contributed by atoms with Gasteiger partial charge in [0.15, 0.2) is 11.5 Å². The fourth-order valence-electron chi connectivity index (χ4n) is 3.28. The number of pyridine rings is 1. The number of rotatable bonds is 4. The fourth-order valence-corrected chi connectivity index (χ4v) is 3.82. The third-order valence-corrected chi connectivity index (χ3v) is 5.16. The van der Waals surface area contributed by atoms with Crippen LogP contribution in [0.2, 0.25) is 0 Å². The zero-order chi connectivity index (χ0) is 19.6. The summed E-state index contributed by atoms with van der Waals surface area (Å²) in [6.07, 6.45) is 4.36. The molecule has 1 aromatic carbocycles. The van der Waals surface area contributed by atoms with Crippen molar-refractivity contribution in [1.29, 1.82) is 10.5 Å². The van der Waals surface area contributed by atoms with Crippen LogP contribution in [-0.2, 0) is 0 Å². The topological polar surface area (TPSA) is 125 Å². The van der Waals surface area contributed by atoms with Gasteiger partial charge in [0.1, 0.15) is 29.1 Å². The first-order valence-electron chi connectivity index (χ1n) is 8.40. The number of aromatic nitrogens is 1. The zero-order valence-electron chi connectivity index (χ0n) is 14.6. The summed E-state index contributed by atoms with van der Waals surface area (Å²) in [4.78, 5) is 14.5. The molecule has 0 aliphatic heterocycles. The van der Waals surface area contributed by atoms with Gasteiger partial charge in [-0.1, -0.05) is 0 Å². The lowest BCUT2D eigenvalue weighted by atomic mass is 9.96. The highest BCUT2D eigenvalue weighted by Gasteiger charge is 2.24. The maximum absolute atomic E-state index is 12.1. The number of nitrogens with two attached hydrogens (primary N) is 1. The lowest BCUT2D eigenvalue weighted by Crippen LogP contribution is -2.16. The van der Waals surface area contributed by atoms with E-state index in [1.54, 1.807) is 12.1 Å². The van der Waals surface area contributed by atoms with Gasteiger partial charge < -0.3 is 20.2 Å². The minimum atomic E-state index is -0.648. The van der Waals surface area contributed by atoms with Gasteiger partial charge in [0.2, 0.25) is 0 Å². The van der Waals surface area contributed by atoms with E-state index in [9.17, 15) is 15.3 Å². The monoisotopic (exact) mass is 428 g/mol. The van der Waals surface area contributed by atoms with Crippen LogP contribution in [-0.4, -0.2) is 18.2 Å². The predicted molar refractivity (Wildman–Crippen MR) is 103 cm³/mol. The Labute approximate surface area is 164 Å². The lowest BCUT2D eigenvalue weighted by molar-refractivity contribution is 0.199. The number of hydrogen-bond acceptors (Lipinski definition) is 6. The molecule has 0 radical (unpaired) electrons. The number of nitrogen functional groups attached to an aromatic ring is 1. The number of hydrogen-bond donors (Lipinski definition) is 2. The van der Waals surface area contributed by atoms with E-state index in [1.807, 2.05) is 12.1 Å². The van der Waals surface area contributed by atoms with E-state index in [-0.39, 0.29) is 28.6 Å². The Morgan fingerprint density at radius 2 is 1.89 bits per heavy atom. The van der Waals surface area contributed by atoms with Gasteiger partial charge in [0.25, 0.3) is 5.56 Å². The van der Waals surface area contributed by atoms with E-state index < -0.39 is 5.56 Å². The highest BCUT2D eigenvalue weighted by molar-refractivity contribution is 9.10. The van der Waals surface area contributed by atoms with Crippen LogP contribution in [0.15, 0.2) is 21.4 Å². The van der Waals surface area contributed by atoms with Crippen molar-refractivity contribution in [3.05, 3.63) is 38.1 Å². The Morgan fingerprint density at radius 1 is 1.22 bits per heavy atom. The summed E-state index contributed by atoms with van der Waals surface area (Å²) in [7, 11) is 1.51. The molecule has 1 fully saturated rings. The molecule has 1 heterocycles. The Balaban J connectivity index is 2.19. The average molecular weight is 429 g/mol. The van der Waals surface area contributed by atoms with Crippen molar-refractivity contribution < 1.29 is 9.47 Å². The minimum absolute atomic E-state index is 0.0320. The molecule has 3 N–H and O–H groups in total. The summed E-state index contributed by atoms with van der Waals surface area (Å²) in [6, 6.07) is 7.16.